The monoisotopic (exact) mass is 297 g/mol. The lowest BCUT2D eigenvalue weighted by molar-refractivity contribution is -0.137. The van der Waals surface area contributed by atoms with Crippen molar-refractivity contribution in [3.63, 3.8) is 0 Å². The first-order valence-electron chi connectivity index (χ1n) is 6.57. The molecule has 0 saturated carbocycles. The topological polar surface area (TPSA) is 64.9 Å². The second kappa shape index (κ2) is 6.04. The van der Waals surface area contributed by atoms with Crippen molar-refractivity contribution in [3.8, 4) is 6.07 Å². The lowest BCUT2D eigenvalue weighted by Crippen LogP contribution is -2.37. The lowest BCUT2D eigenvalue weighted by atomic mass is 10.1. The van der Waals surface area contributed by atoms with Gasteiger partial charge in [0.1, 0.15) is 6.04 Å². The van der Waals surface area contributed by atoms with Gasteiger partial charge in [-0.15, -0.1) is 0 Å². The summed E-state index contributed by atoms with van der Waals surface area (Å²) in [5.74, 6) is -0.217. The van der Waals surface area contributed by atoms with Gasteiger partial charge in [0, 0.05) is 12.2 Å². The highest BCUT2D eigenvalue weighted by molar-refractivity contribution is 5.84. The second-order valence-electron chi connectivity index (χ2n) is 4.85. The zero-order valence-electron chi connectivity index (χ0n) is 11.1. The Morgan fingerprint density at radius 3 is 2.76 bits per heavy atom. The average molecular weight is 297 g/mol. The Morgan fingerprint density at radius 1 is 1.33 bits per heavy atom. The smallest absolute Gasteiger partial charge is 0.374 e. The summed E-state index contributed by atoms with van der Waals surface area (Å²) in [5.41, 5.74) is -1.24. The summed E-state index contributed by atoms with van der Waals surface area (Å²) in [6, 6.07) is 4.33. The first-order chi connectivity index (χ1) is 9.91. The van der Waals surface area contributed by atoms with Crippen molar-refractivity contribution in [2.45, 2.75) is 31.5 Å². The molecule has 0 unspecified atom stereocenters. The highest BCUT2D eigenvalue weighted by Gasteiger charge is 2.34. The van der Waals surface area contributed by atoms with Crippen LogP contribution >= 0.6 is 0 Å². The van der Waals surface area contributed by atoms with E-state index in [0.29, 0.717) is 13.0 Å². The van der Waals surface area contributed by atoms with Crippen LogP contribution < -0.4 is 10.6 Å². The van der Waals surface area contributed by atoms with Gasteiger partial charge in [0.15, 0.2) is 0 Å². The minimum Gasteiger partial charge on any atom is -0.374 e. The summed E-state index contributed by atoms with van der Waals surface area (Å²) in [7, 11) is 0. The number of benzene rings is 1. The molecule has 0 bridgehead atoms. The summed E-state index contributed by atoms with van der Waals surface area (Å²) < 4.78 is 38.6. The fourth-order valence-electron chi connectivity index (χ4n) is 2.24. The number of hydrogen-bond donors (Lipinski definition) is 2. The van der Waals surface area contributed by atoms with Gasteiger partial charge in [-0.25, -0.2) is 0 Å². The predicted molar refractivity (Wildman–Crippen MR) is 70.4 cm³/mol. The Bertz CT molecular complexity index is 578. The van der Waals surface area contributed by atoms with E-state index in [1.165, 1.54) is 12.1 Å². The molecule has 2 N–H and O–H groups in total. The molecule has 112 valence electrons. The summed E-state index contributed by atoms with van der Waals surface area (Å²) in [4.78, 5) is 11.8. The van der Waals surface area contributed by atoms with Gasteiger partial charge in [0.05, 0.1) is 17.2 Å². The number of carbonyl (C=O) groups excluding carboxylic acids is 1. The molecule has 4 nitrogen and oxygen atoms in total. The van der Waals surface area contributed by atoms with E-state index in [0.717, 1.165) is 25.0 Å². The zero-order valence-corrected chi connectivity index (χ0v) is 11.1. The van der Waals surface area contributed by atoms with E-state index < -0.39 is 23.3 Å². The third kappa shape index (κ3) is 3.66. The van der Waals surface area contributed by atoms with Crippen LogP contribution in [0.3, 0.4) is 0 Å². The standard InChI is InChI=1S/C14H14F3N3O/c15-14(16,17)11-7-10(5-4-9(11)8-18)20-12-3-1-2-6-19-13(12)21/h4-5,7,12,20H,1-3,6H2,(H,19,21)/t12-/m0/s1. The van der Waals surface area contributed by atoms with E-state index in [1.807, 2.05) is 0 Å². The molecule has 0 spiro atoms. The van der Waals surface area contributed by atoms with Crippen molar-refractivity contribution < 1.29 is 18.0 Å². The van der Waals surface area contributed by atoms with Gasteiger partial charge in [-0.05, 0) is 37.5 Å². The Hall–Kier alpha value is -2.23. The largest absolute Gasteiger partial charge is 0.417 e. The number of amides is 1. The van der Waals surface area contributed by atoms with E-state index in [4.69, 9.17) is 5.26 Å². The molecule has 0 aromatic heterocycles. The number of anilines is 1. The minimum atomic E-state index is -4.60. The Balaban J connectivity index is 2.25. The fourth-order valence-corrected chi connectivity index (χ4v) is 2.24. The van der Waals surface area contributed by atoms with E-state index in [2.05, 4.69) is 10.6 Å². The molecule has 1 aliphatic rings. The molecule has 1 aromatic carbocycles. The summed E-state index contributed by atoms with van der Waals surface area (Å²) in [5, 5.41) is 14.3. The number of carbonyl (C=O) groups is 1. The Labute approximate surface area is 119 Å². The highest BCUT2D eigenvalue weighted by atomic mass is 19.4. The molecule has 1 saturated heterocycles. The van der Waals surface area contributed by atoms with Crippen LogP contribution in [0.25, 0.3) is 0 Å². The summed E-state index contributed by atoms with van der Waals surface area (Å²) in [6.45, 7) is 0.582. The third-order valence-electron chi connectivity index (χ3n) is 3.32. The van der Waals surface area contributed by atoms with Crippen molar-refractivity contribution >= 4 is 11.6 Å². The molecule has 0 aliphatic carbocycles. The van der Waals surface area contributed by atoms with Crippen molar-refractivity contribution in [2.75, 3.05) is 11.9 Å². The highest BCUT2D eigenvalue weighted by Crippen LogP contribution is 2.33. The molecule has 0 radical (unpaired) electrons. The molecule has 7 heteroatoms. The van der Waals surface area contributed by atoms with Crippen molar-refractivity contribution in [2.24, 2.45) is 0 Å². The quantitative estimate of drug-likeness (QED) is 0.882. The number of halogens is 3. The van der Waals surface area contributed by atoms with Gasteiger partial charge < -0.3 is 10.6 Å². The van der Waals surface area contributed by atoms with Crippen LogP contribution in [-0.2, 0) is 11.0 Å². The van der Waals surface area contributed by atoms with Crippen LogP contribution in [0.4, 0.5) is 18.9 Å². The number of alkyl halides is 3. The molecule has 1 atom stereocenters. The number of nitrogens with one attached hydrogen (secondary N) is 2. The van der Waals surface area contributed by atoms with Gasteiger partial charge in [-0.3, -0.25) is 4.79 Å². The second-order valence-corrected chi connectivity index (χ2v) is 4.85. The van der Waals surface area contributed by atoms with Crippen molar-refractivity contribution in [1.29, 1.82) is 5.26 Å². The first kappa shape index (κ1) is 15.2. The maximum Gasteiger partial charge on any atom is 0.417 e. The summed E-state index contributed by atoms with van der Waals surface area (Å²) >= 11 is 0. The molecule has 2 rings (SSSR count). The van der Waals surface area contributed by atoms with Crippen LogP contribution in [0.2, 0.25) is 0 Å². The number of nitriles is 1. The first-order valence-corrected chi connectivity index (χ1v) is 6.57. The minimum absolute atomic E-state index is 0.184. The maximum atomic E-state index is 12.9. The Kier molecular flexibility index (Phi) is 4.36. The van der Waals surface area contributed by atoms with Gasteiger partial charge in [-0.2, -0.15) is 18.4 Å². The van der Waals surface area contributed by atoms with Crippen molar-refractivity contribution in [1.82, 2.24) is 5.32 Å². The van der Waals surface area contributed by atoms with Crippen LogP contribution in [-0.4, -0.2) is 18.5 Å². The molecule has 1 heterocycles. The van der Waals surface area contributed by atoms with Gasteiger partial charge in [-0.1, -0.05) is 0 Å². The molecular formula is C14H14F3N3O. The van der Waals surface area contributed by atoms with Gasteiger partial charge in [0.2, 0.25) is 5.91 Å². The number of nitrogens with zero attached hydrogens (tertiary/aromatic N) is 1. The van der Waals surface area contributed by atoms with Crippen LogP contribution in [0.15, 0.2) is 18.2 Å². The van der Waals surface area contributed by atoms with Crippen LogP contribution in [0.5, 0.6) is 0 Å². The van der Waals surface area contributed by atoms with Gasteiger partial charge in [0.25, 0.3) is 0 Å². The number of hydrogen-bond acceptors (Lipinski definition) is 3. The van der Waals surface area contributed by atoms with Gasteiger partial charge >= 0.3 is 6.18 Å². The van der Waals surface area contributed by atoms with E-state index in [-0.39, 0.29) is 11.6 Å². The van der Waals surface area contributed by atoms with Crippen LogP contribution in [0.1, 0.15) is 30.4 Å². The third-order valence-corrected chi connectivity index (χ3v) is 3.32. The molecule has 1 aliphatic heterocycles. The molecule has 21 heavy (non-hydrogen) atoms. The van der Waals surface area contributed by atoms with E-state index in [1.54, 1.807) is 0 Å². The molecule has 1 amide bonds. The lowest BCUT2D eigenvalue weighted by Gasteiger charge is -2.18. The average Bonchev–Trinajstić information content (AvgIpc) is 2.63. The molecule has 1 aromatic rings. The fraction of sp³-hybridized carbons (Fsp3) is 0.429. The normalized spacial score (nSPS) is 19.3. The molecule has 1 fully saturated rings. The summed E-state index contributed by atoms with van der Waals surface area (Å²) in [6.07, 6.45) is -2.37. The van der Waals surface area contributed by atoms with Crippen LogP contribution in [0, 0.1) is 11.3 Å². The zero-order chi connectivity index (χ0) is 15.5. The van der Waals surface area contributed by atoms with E-state index >= 15 is 0 Å². The Morgan fingerprint density at radius 2 is 2.10 bits per heavy atom. The number of rotatable bonds is 2. The van der Waals surface area contributed by atoms with E-state index in [9.17, 15) is 18.0 Å². The van der Waals surface area contributed by atoms with Crippen molar-refractivity contribution in [3.05, 3.63) is 29.3 Å². The molecular weight excluding hydrogens is 283 g/mol. The predicted octanol–water partition coefficient (Wildman–Crippen LogP) is 2.66. The SMILES string of the molecule is N#Cc1ccc(N[C@H]2CCCCNC2=O)cc1C(F)(F)F. The maximum absolute atomic E-state index is 12.9.